The maximum atomic E-state index is 13.2. The van der Waals surface area contributed by atoms with Gasteiger partial charge in [-0.25, -0.2) is 9.24 Å². The molecule has 1 amide bonds. The lowest BCUT2D eigenvalue weighted by Crippen LogP contribution is -2.52. The van der Waals surface area contributed by atoms with E-state index in [4.69, 9.17) is 0 Å². The van der Waals surface area contributed by atoms with Crippen LogP contribution in [0, 0.1) is 6.92 Å². The van der Waals surface area contributed by atoms with Gasteiger partial charge in [0.2, 0.25) is 0 Å². The van der Waals surface area contributed by atoms with E-state index in [0.717, 1.165) is 33.6 Å². The van der Waals surface area contributed by atoms with E-state index < -0.39 is 7.75 Å². The number of amides is 1. The number of thiophene rings is 1. The van der Waals surface area contributed by atoms with Crippen LogP contribution in [0.1, 0.15) is 52.2 Å². The Labute approximate surface area is 227 Å². The van der Waals surface area contributed by atoms with Crippen molar-refractivity contribution in [3.63, 3.8) is 0 Å². The fraction of sp³-hybridized carbons (Fsp3) is 0.393. The Hall–Kier alpha value is -2.52. The highest BCUT2D eigenvalue weighted by atomic mass is 32.1. The number of rotatable bonds is 9. The molecule has 0 aliphatic carbocycles. The van der Waals surface area contributed by atoms with Gasteiger partial charge in [0.05, 0.1) is 12.1 Å². The molecule has 38 heavy (non-hydrogen) atoms. The number of nitrogens with zero attached hydrogens (tertiary/aromatic N) is 2. The van der Waals surface area contributed by atoms with E-state index >= 15 is 0 Å². The van der Waals surface area contributed by atoms with Crippen LogP contribution in [0.25, 0.3) is 10.4 Å². The average Bonchev–Trinajstić information content (AvgIpc) is 3.54. The van der Waals surface area contributed by atoms with Gasteiger partial charge in [-0.15, -0.1) is 11.3 Å². The number of nitrogens with one attached hydrogen (secondary N) is 2. The highest BCUT2D eigenvalue weighted by Crippen LogP contribution is 2.44. The Bertz CT molecular complexity index is 1340. The van der Waals surface area contributed by atoms with Crippen LogP contribution < -0.4 is 10.6 Å². The van der Waals surface area contributed by atoms with Crippen molar-refractivity contribution >= 4 is 30.7 Å². The topological polar surface area (TPSA) is 105 Å². The van der Waals surface area contributed by atoms with Gasteiger partial charge in [0.25, 0.3) is 5.91 Å². The van der Waals surface area contributed by atoms with Crippen molar-refractivity contribution in [2.75, 3.05) is 31.5 Å². The van der Waals surface area contributed by atoms with E-state index in [-0.39, 0.29) is 31.1 Å². The molecule has 2 aliphatic rings. The van der Waals surface area contributed by atoms with Crippen LogP contribution in [-0.2, 0) is 11.1 Å². The second-order valence-corrected chi connectivity index (χ2v) is 13.1. The number of hydrogen-bond acceptors (Lipinski definition) is 5. The molecule has 8 nitrogen and oxygen atoms in total. The minimum atomic E-state index is -4.19. The molecule has 4 N–H and O–H groups in total. The average molecular weight is 555 g/mol. The molecule has 2 fully saturated rings. The van der Waals surface area contributed by atoms with Gasteiger partial charge >= 0.3 is 7.75 Å². The highest BCUT2D eigenvalue weighted by Gasteiger charge is 2.37. The largest absolute Gasteiger partial charge is 0.403 e. The lowest BCUT2D eigenvalue weighted by molar-refractivity contribution is 0.0939. The molecule has 0 radical (unpaired) electrons. The summed E-state index contributed by atoms with van der Waals surface area (Å²) in [6.07, 6.45) is 2.59. The van der Waals surface area contributed by atoms with Crippen LogP contribution in [0.3, 0.4) is 0 Å². The van der Waals surface area contributed by atoms with Gasteiger partial charge in [-0.3, -0.25) is 9.69 Å². The zero-order valence-corrected chi connectivity index (χ0v) is 23.5. The summed E-state index contributed by atoms with van der Waals surface area (Å²) in [4.78, 5) is 36.8. The summed E-state index contributed by atoms with van der Waals surface area (Å²) in [6.45, 7) is 7.81. The number of carbonyl (C=O) groups is 1. The number of carbonyl (C=O) groups excluding carboxylic acids is 1. The number of hydrogen-bond donors (Lipinski definition) is 4. The summed E-state index contributed by atoms with van der Waals surface area (Å²) < 4.78 is 12.5. The lowest BCUT2D eigenvalue weighted by atomic mass is 10.0. The molecule has 0 bridgehead atoms. The summed E-state index contributed by atoms with van der Waals surface area (Å²) in [5.74, 6) is -0.154. The molecule has 3 heterocycles. The standard InChI is InChI=1S/C28H35N4O4PS/c1-19-8-9-23(30-24-16-32(17-24)37(34,35)36)15-26(19)28(33)29-20(2)21-6-5-7-22(14-21)27-11-10-25(38-27)18-31-12-3-4-13-31/h5-11,14-15,20,24,30H,3-4,12-13,16-18H2,1-2H3,(H,29,33)(H2,34,35,36). The zero-order valence-electron chi connectivity index (χ0n) is 21.8. The van der Waals surface area contributed by atoms with E-state index in [1.807, 2.05) is 55.5 Å². The van der Waals surface area contributed by atoms with Gasteiger partial charge in [-0.1, -0.05) is 24.3 Å². The molecule has 0 saturated carbocycles. The van der Waals surface area contributed by atoms with E-state index in [0.29, 0.717) is 5.56 Å². The minimum absolute atomic E-state index is 0.0731. The maximum Gasteiger partial charge on any atom is 0.403 e. The minimum Gasteiger partial charge on any atom is -0.380 e. The lowest BCUT2D eigenvalue weighted by Gasteiger charge is -2.39. The quantitative estimate of drug-likeness (QED) is 0.276. The predicted octanol–water partition coefficient (Wildman–Crippen LogP) is 5.00. The molecule has 10 heteroatoms. The number of anilines is 1. The summed E-state index contributed by atoms with van der Waals surface area (Å²) in [5.41, 5.74) is 4.41. The van der Waals surface area contributed by atoms with E-state index in [1.165, 1.54) is 35.7 Å². The predicted molar refractivity (Wildman–Crippen MR) is 152 cm³/mol. The van der Waals surface area contributed by atoms with Crippen LogP contribution >= 0.6 is 19.1 Å². The van der Waals surface area contributed by atoms with Crippen molar-refractivity contribution in [3.05, 3.63) is 76.2 Å². The molecular weight excluding hydrogens is 519 g/mol. The summed E-state index contributed by atoms with van der Waals surface area (Å²) in [6, 6.07) is 18.1. The third kappa shape index (κ3) is 6.37. The summed E-state index contributed by atoms with van der Waals surface area (Å²) >= 11 is 1.84. The summed E-state index contributed by atoms with van der Waals surface area (Å²) in [7, 11) is -4.19. The number of aryl methyl sites for hydroxylation is 1. The van der Waals surface area contributed by atoms with Crippen LogP contribution in [0.2, 0.25) is 0 Å². The van der Waals surface area contributed by atoms with E-state index in [1.54, 1.807) is 0 Å². The molecule has 3 aromatic rings. The fourth-order valence-corrected chi connectivity index (χ4v) is 6.92. The van der Waals surface area contributed by atoms with Crippen molar-refractivity contribution < 1.29 is 19.1 Å². The molecule has 1 unspecified atom stereocenters. The summed E-state index contributed by atoms with van der Waals surface area (Å²) in [5, 5.41) is 6.41. The first kappa shape index (κ1) is 27.1. The van der Waals surface area contributed by atoms with Crippen molar-refractivity contribution in [1.82, 2.24) is 14.9 Å². The van der Waals surface area contributed by atoms with Crippen molar-refractivity contribution in [2.24, 2.45) is 0 Å². The molecule has 2 aromatic carbocycles. The molecule has 1 atom stereocenters. The third-order valence-electron chi connectivity index (χ3n) is 7.34. The molecule has 2 saturated heterocycles. The van der Waals surface area contributed by atoms with E-state index in [9.17, 15) is 19.1 Å². The van der Waals surface area contributed by atoms with Gasteiger partial charge in [0.15, 0.2) is 0 Å². The van der Waals surface area contributed by atoms with Gasteiger partial charge in [0, 0.05) is 40.6 Å². The molecule has 2 aliphatic heterocycles. The molecule has 202 valence electrons. The number of likely N-dealkylation sites (tertiary alicyclic amines) is 1. The first-order valence-corrected chi connectivity index (χ1v) is 15.4. The van der Waals surface area contributed by atoms with Gasteiger partial charge < -0.3 is 20.4 Å². The molecule has 5 rings (SSSR count). The Kier molecular flexibility index (Phi) is 8.05. The molecule has 0 spiro atoms. The van der Waals surface area contributed by atoms with Crippen molar-refractivity contribution in [1.29, 1.82) is 0 Å². The second-order valence-electron chi connectivity index (χ2n) is 10.3. The highest BCUT2D eigenvalue weighted by molar-refractivity contribution is 7.49. The van der Waals surface area contributed by atoms with Gasteiger partial charge in [0.1, 0.15) is 0 Å². The molecule has 1 aromatic heterocycles. The van der Waals surface area contributed by atoms with Crippen LogP contribution in [0.15, 0.2) is 54.6 Å². The van der Waals surface area contributed by atoms with Gasteiger partial charge in [-0.05, 0) is 86.8 Å². The molecular formula is C28H35N4O4PS. The van der Waals surface area contributed by atoms with Gasteiger partial charge in [-0.2, -0.15) is 0 Å². The Morgan fingerprint density at radius 2 is 1.87 bits per heavy atom. The normalized spacial score (nSPS) is 17.8. The Morgan fingerprint density at radius 3 is 2.61 bits per heavy atom. The van der Waals surface area contributed by atoms with Crippen LogP contribution in [0.4, 0.5) is 5.69 Å². The van der Waals surface area contributed by atoms with Crippen molar-refractivity contribution in [2.45, 2.75) is 45.3 Å². The Morgan fingerprint density at radius 1 is 1.11 bits per heavy atom. The first-order chi connectivity index (χ1) is 18.2. The Balaban J connectivity index is 1.22. The smallest absolute Gasteiger partial charge is 0.380 e. The van der Waals surface area contributed by atoms with Crippen LogP contribution in [-0.4, -0.2) is 57.5 Å². The second kappa shape index (κ2) is 11.3. The number of benzene rings is 2. The third-order valence-corrected chi connectivity index (χ3v) is 9.52. The SMILES string of the molecule is Cc1ccc(NC2CN(P(=O)(O)O)C2)cc1C(=O)NC(C)c1cccc(-c2ccc(CN3CCCC3)s2)c1. The van der Waals surface area contributed by atoms with E-state index in [2.05, 4.69) is 39.8 Å². The van der Waals surface area contributed by atoms with Crippen LogP contribution in [0.5, 0.6) is 0 Å². The maximum absolute atomic E-state index is 13.2. The monoisotopic (exact) mass is 554 g/mol. The first-order valence-electron chi connectivity index (χ1n) is 13.1. The van der Waals surface area contributed by atoms with Crippen molar-refractivity contribution in [3.8, 4) is 10.4 Å². The zero-order chi connectivity index (χ0) is 26.9. The fourth-order valence-electron chi connectivity index (χ4n) is 5.05.